The van der Waals surface area contributed by atoms with E-state index in [1.807, 2.05) is 6.07 Å². The number of nitrogens with zero attached hydrogens (tertiary/aromatic N) is 1. The number of halogens is 1. The summed E-state index contributed by atoms with van der Waals surface area (Å²) in [5, 5.41) is 8.69. The highest BCUT2D eigenvalue weighted by Crippen LogP contribution is 2.26. The lowest BCUT2D eigenvalue weighted by atomic mass is 10.1. The molecule has 0 atom stereocenters. The molecule has 0 spiro atoms. The Kier molecular flexibility index (Phi) is 7.51. The van der Waals surface area contributed by atoms with Gasteiger partial charge < -0.3 is 10.0 Å². The van der Waals surface area contributed by atoms with Gasteiger partial charge in [0, 0.05) is 28.8 Å². The van der Waals surface area contributed by atoms with Gasteiger partial charge in [0.1, 0.15) is 0 Å². The first kappa shape index (κ1) is 17.8. The third-order valence-corrected chi connectivity index (χ3v) is 4.03. The van der Waals surface area contributed by atoms with Crippen molar-refractivity contribution in [2.24, 2.45) is 0 Å². The number of benzene rings is 1. The van der Waals surface area contributed by atoms with Crippen LogP contribution in [-0.2, 0) is 4.79 Å². The van der Waals surface area contributed by atoms with Gasteiger partial charge in [-0.1, -0.05) is 41.8 Å². The molecular weight excluding hydrogens is 330 g/mol. The minimum Gasteiger partial charge on any atom is -0.478 e. The summed E-state index contributed by atoms with van der Waals surface area (Å²) in [5.41, 5.74) is 2.04. The third kappa shape index (κ3) is 5.92. The molecule has 1 rings (SSSR count). The Labute approximate surface area is 135 Å². The average Bonchev–Trinajstić information content (AvgIpc) is 2.41. The van der Waals surface area contributed by atoms with Crippen molar-refractivity contribution in [2.75, 3.05) is 11.4 Å². The van der Waals surface area contributed by atoms with Gasteiger partial charge in [-0.25, -0.2) is 4.79 Å². The third-order valence-electron chi connectivity index (χ3n) is 3.35. The van der Waals surface area contributed by atoms with Crippen LogP contribution in [0.3, 0.4) is 0 Å². The van der Waals surface area contributed by atoms with Crippen LogP contribution in [0, 0.1) is 0 Å². The molecule has 0 saturated heterocycles. The Balaban J connectivity index is 2.90. The smallest absolute Gasteiger partial charge is 0.328 e. The number of carbonyl (C=O) groups is 1. The number of carboxylic acids is 1. The van der Waals surface area contributed by atoms with Gasteiger partial charge in [-0.3, -0.25) is 0 Å². The minimum absolute atomic E-state index is 0.439. The van der Waals surface area contributed by atoms with Gasteiger partial charge in [-0.15, -0.1) is 0 Å². The maximum atomic E-state index is 10.6. The van der Waals surface area contributed by atoms with Crippen LogP contribution < -0.4 is 4.90 Å². The van der Waals surface area contributed by atoms with E-state index >= 15 is 0 Å². The van der Waals surface area contributed by atoms with E-state index in [-0.39, 0.29) is 0 Å². The van der Waals surface area contributed by atoms with Crippen LogP contribution in [-0.4, -0.2) is 23.7 Å². The first-order valence-corrected chi connectivity index (χ1v) is 8.22. The van der Waals surface area contributed by atoms with E-state index in [4.69, 9.17) is 5.11 Å². The second kappa shape index (κ2) is 8.88. The second-order valence-corrected chi connectivity index (χ2v) is 6.23. The largest absolute Gasteiger partial charge is 0.478 e. The molecule has 0 saturated carbocycles. The maximum Gasteiger partial charge on any atom is 0.328 e. The van der Waals surface area contributed by atoms with Gasteiger partial charge in [0.2, 0.25) is 0 Å². The van der Waals surface area contributed by atoms with E-state index in [2.05, 4.69) is 53.7 Å². The molecule has 0 fully saturated rings. The van der Waals surface area contributed by atoms with Crippen molar-refractivity contribution >= 4 is 33.7 Å². The summed E-state index contributed by atoms with van der Waals surface area (Å²) in [4.78, 5) is 13.0. The number of carboxylic acid groups (broad SMARTS) is 1. The fourth-order valence-corrected chi connectivity index (χ4v) is 2.71. The van der Waals surface area contributed by atoms with Crippen LogP contribution in [0.25, 0.3) is 6.08 Å². The number of hydrogen-bond donors (Lipinski definition) is 1. The first-order chi connectivity index (χ1) is 9.95. The summed E-state index contributed by atoms with van der Waals surface area (Å²) in [7, 11) is 0. The summed E-state index contributed by atoms with van der Waals surface area (Å²) < 4.78 is 0.915. The van der Waals surface area contributed by atoms with Crippen molar-refractivity contribution in [3.05, 3.63) is 34.3 Å². The van der Waals surface area contributed by atoms with E-state index in [0.29, 0.717) is 6.04 Å². The van der Waals surface area contributed by atoms with Crippen LogP contribution >= 0.6 is 15.9 Å². The Morgan fingerprint density at radius 3 is 2.62 bits per heavy atom. The van der Waals surface area contributed by atoms with Gasteiger partial charge in [0.05, 0.1) is 0 Å². The topological polar surface area (TPSA) is 40.5 Å². The molecule has 0 bridgehead atoms. The van der Waals surface area contributed by atoms with E-state index in [1.165, 1.54) is 24.9 Å². The zero-order valence-electron chi connectivity index (χ0n) is 13.0. The fourth-order valence-electron chi connectivity index (χ4n) is 2.21. The molecule has 0 radical (unpaired) electrons. The molecule has 4 heteroatoms. The standard InChI is InChI=1S/C17H24BrNO2/c1-4-5-6-11-19(13(2)3)15-9-7-14(16(18)12-15)8-10-17(20)21/h7-10,12-13H,4-6,11H2,1-3H3,(H,20,21)/b10-8+. The Morgan fingerprint density at radius 2 is 2.10 bits per heavy atom. The van der Waals surface area contributed by atoms with Crippen LogP contribution in [0.5, 0.6) is 0 Å². The van der Waals surface area contributed by atoms with Gasteiger partial charge in [-0.05, 0) is 44.0 Å². The van der Waals surface area contributed by atoms with Gasteiger partial charge in [-0.2, -0.15) is 0 Å². The molecule has 0 aliphatic carbocycles. The number of aliphatic carboxylic acids is 1. The molecule has 116 valence electrons. The summed E-state index contributed by atoms with van der Waals surface area (Å²) in [6, 6.07) is 6.51. The lowest BCUT2D eigenvalue weighted by Crippen LogP contribution is -2.31. The molecule has 21 heavy (non-hydrogen) atoms. The quantitative estimate of drug-likeness (QED) is 0.530. The molecule has 0 unspecified atom stereocenters. The minimum atomic E-state index is -0.936. The van der Waals surface area contributed by atoms with E-state index in [9.17, 15) is 4.79 Å². The molecule has 1 aromatic carbocycles. The van der Waals surface area contributed by atoms with Gasteiger partial charge in [0.15, 0.2) is 0 Å². The highest BCUT2D eigenvalue weighted by molar-refractivity contribution is 9.10. The summed E-state index contributed by atoms with van der Waals surface area (Å²) >= 11 is 3.53. The van der Waals surface area contributed by atoms with Crippen molar-refractivity contribution in [3.8, 4) is 0 Å². The monoisotopic (exact) mass is 353 g/mol. The molecule has 1 aromatic rings. The predicted octanol–water partition coefficient (Wildman–Crippen LogP) is 4.95. The molecule has 0 heterocycles. The molecule has 0 aliphatic heterocycles. The van der Waals surface area contributed by atoms with E-state index in [1.54, 1.807) is 6.08 Å². The Hall–Kier alpha value is -1.29. The van der Waals surface area contributed by atoms with Gasteiger partial charge in [0.25, 0.3) is 0 Å². The molecule has 0 amide bonds. The maximum absolute atomic E-state index is 10.6. The van der Waals surface area contributed by atoms with Gasteiger partial charge >= 0.3 is 5.97 Å². The number of hydrogen-bond acceptors (Lipinski definition) is 2. The van der Waals surface area contributed by atoms with Crippen molar-refractivity contribution in [2.45, 2.75) is 46.1 Å². The lowest BCUT2D eigenvalue weighted by molar-refractivity contribution is -0.131. The van der Waals surface area contributed by atoms with Crippen molar-refractivity contribution in [1.29, 1.82) is 0 Å². The number of unbranched alkanes of at least 4 members (excludes halogenated alkanes) is 2. The van der Waals surface area contributed by atoms with Crippen LogP contribution in [0.4, 0.5) is 5.69 Å². The lowest BCUT2D eigenvalue weighted by Gasteiger charge is -2.29. The summed E-state index contributed by atoms with van der Waals surface area (Å²) in [6.07, 6.45) is 6.40. The van der Waals surface area contributed by atoms with E-state index < -0.39 is 5.97 Å². The van der Waals surface area contributed by atoms with Crippen LogP contribution in [0.1, 0.15) is 45.6 Å². The number of rotatable bonds is 8. The van der Waals surface area contributed by atoms with Crippen LogP contribution in [0.2, 0.25) is 0 Å². The van der Waals surface area contributed by atoms with Crippen molar-refractivity contribution in [1.82, 2.24) is 0 Å². The molecule has 0 aliphatic rings. The highest BCUT2D eigenvalue weighted by Gasteiger charge is 2.11. The molecule has 1 N–H and O–H groups in total. The summed E-state index contributed by atoms with van der Waals surface area (Å²) in [6.45, 7) is 7.64. The predicted molar refractivity (Wildman–Crippen MR) is 92.8 cm³/mol. The van der Waals surface area contributed by atoms with E-state index in [0.717, 1.165) is 22.7 Å². The number of anilines is 1. The fraction of sp³-hybridized carbons (Fsp3) is 0.471. The zero-order valence-corrected chi connectivity index (χ0v) is 14.6. The summed E-state index contributed by atoms with van der Waals surface area (Å²) in [5.74, 6) is -0.936. The molecular formula is C17H24BrNO2. The molecule has 0 aromatic heterocycles. The average molecular weight is 354 g/mol. The Morgan fingerprint density at radius 1 is 1.38 bits per heavy atom. The SMILES string of the molecule is CCCCCN(c1ccc(/C=C/C(=O)O)c(Br)c1)C(C)C. The zero-order chi connectivity index (χ0) is 15.8. The Bertz CT molecular complexity index is 498. The van der Waals surface area contributed by atoms with Crippen molar-refractivity contribution in [3.63, 3.8) is 0 Å². The normalized spacial score (nSPS) is 11.3. The van der Waals surface area contributed by atoms with Crippen molar-refractivity contribution < 1.29 is 9.90 Å². The van der Waals surface area contributed by atoms with Crippen LogP contribution in [0.15, 0.2) is 28.7 Å². The highest BCUT2D eigenvalue weighted by atomic mass is 79.9. The second-order valence-electron chi connectivity index (χ2n) is 5.37. The first-order valence-electron chi connectivity index (χ1n) is 7.43. The molecule has 3 nitrogen and oxygen atoms in total.